The standard InChI is InChI=1S/C19H23FN2O3/c1-2-18(23)21-8-4-6-15(12-21)19(24)22-9-10-25-17(13-22)14-5-3-7-16(20)11-14/h2-3,5,7,11,15,17H,1,4,6,8-10,12-13H2. The highest BCUT2D eigenvalue weighted by Gasteiger charge is 2.33. The molecular weight excluding hydrogens is 323 g/mol. The summed E-state index contributed by atoms with van der Waals surface area (Å²) in [6, 6.07) is 6.30. The zero-order valence-electron chi connectivity index (χ0n) is 14.2. The molecule has 2 unspecified atom stereocenters. The molecule has 2 amide bonds. The van der Waals surface area contributed by atoms with Crippen molar-refractivity contribution in [2.24, 2.45) is 5.92 Å². The van der Waals surface area contributed by atoms with Gasteiger partial charge in [0.15, 0.2) is 0 Å². The van der Waals surface area contributed by atoms with Crippen LogP contribution in [0.2, 0.25) is 0 Å². The molecule has 2 saturated heterocycles. The van der Waals surface area contributed by atoms with Gasteiger partial charge < -0.3 is 14.5 Å². The van der Waals surface area contributed by atoms with Crippen LogP contribution in [0.4, 0.5) is 4.39 Å². The van der Waals surface area contributed by atoms with E-state index < -0.39 is 0 Å². The van der Waals surface area contributed by atoms with Crippen molar-refractivity contribution in [3.05, 3.63) is 48.3 Å². The van der Waals surface area contributed by atoms with Gasteiger partial charge in [-0.25, -0.2) is 4.39 Å². The number of carbonyl (C=O) groups excluding carboxylic acids is 2. The second kappa shape index (κ2) is 7.78. The molecule has 0 spiro atoms. The van der Waals surface area contributed by atoms with Crippen molar-refractivity contribution in [3.8, 4) is 0 Å². The van der Waals surface area contributed by atoms with E-state index in [1.165, 1.54) is 18.2 Å². The van der Waals surface area contributed by atoms with Crippen LogP contribution >= 0.6 is 0 Å². The Morgan fingerprint density at radius 1 is 1.24 bits per heavy atom. The first-order valence-electron chi connectivity index (χ1n) is 8.65. The number of halogens is 1. The van der Waals surface area contributed by atoms with Crippen molar-refractivity contribution in [1.82, 2.24) is 9.80 Å². The van der Waals surface area contributed by atoms with Gasteiger partial charge >= 0.3 is 0 Å². The van der Waals surface area contributed by atoms with Crippen molar-refractivity contribution in [2.45, 2.75) is 18.9 Å². The first-order valence-corrected chi connectivity index (χ1v) is 8.65. The molecule has 1 aromatic carbocycles. The summed E-state index contributed by atoms with van der Waals surface area (Å²) < 4.78 is 19.2. The number of piperidine rings is 1. The normalized spacial score (nSPS) is 24.0. The zero-order valence-corrected chi connectivity index (χ0v) is 14.2. The first kappa shape index (κ1) is 17.6. The second-order valence-corrected chi connectivity index (χ2v) is 6.53. The summed E-state index contributed by atoms with van der Waals surface area (Å²) in [4.78, 5) is 28.2. The SMILES string of the molecule is C=CC(=O)N1CCCC(C(=O)N2CCOC(c3cccc(F)c3)C2)C1. The van der Waals surface area contributed by atoms with Gasteiger partial charge in [0.2, 0.25) is 11.8 Å². The quantitative estimate of drug-likeness (QED) is 0.788. The zero-order chi connectivity index (χ0) is 17.8. The maximum atomic E-state index is 13.4. The van der Waals surface area contributed by atoms with Gasteiger partial charge in [-0.2, -0.15) is 0 Å². The molecule has 2 atom stereocenters. The van der Waals surface area contributed by atoms with Gasteiger partial charge in [-0.15, -0.1) is 0 Å². The van der Waals surface area contributed by atoms with Crippen molar-refractivity contribution >= 4 is 11.8 Å². The van der Waals surface area contributed by atoms with Crippen molar-refractivity contribution in [1.29, 1.82) is 0 Å². The molecule has 134 valence electrons. The lowest BCUT2D eigenvalue weighted by Crippen LogP contribution is -2.49. The lowest BCUT2D eigenvalue weighted by Gasteiger charge is -2.38. The Morgan fingerprint density at radius 3 is 2.84 bits per heavy atom. The van der Waals surface area contributed by atoms with Crippen LogP contribution in [-0.2, 0) is 14.3 Å². The molecule has 2 aliphatic heterocycles. The molecule has 25 heavy (non-hydrogen) atoms. The Hall–Kier alpha value is -2.21. The minimum absolute atomic E-state index is 0.0475. The van der Waals surface area contributed by atoms with E-state index in [-0.39, 0.29) is 29.7 Å². The summed E-state index contributed by atoms with van der Waals surface area (Å²) in [5.74, 6) is -0.581. The molecule has 2 fully saturated rings. The smallest absolute Gasteiger partial charge is 0.245 e. The molecule has 0 bridgehead atoms. The van der Waals surface area contributed by atoms with Crippen LogP contribution in [0.5, 0.6) is 0 Å². The molecule has 0 N–H and O–H groups in total. The topological polar surface area (TPSA) is 49.9 Å². The van der Waals surface area contributed by atoms with Crippen molar-refractivity contribution in [2.75, 3.05) is 32.8 Å². The number of benzene rings is 1. The predicted octanol–water partition coefficient (Wildman–Crippen LogP) is 2.15. The Morgan fingerprint density at radius 2 is 2.08 bits per heavy atom. The molecule has 0 aliphatic carbocycles. The summed E-state index contributed by atoms with van der Waals surface area (Å²) in [7, 11) is 0. The number of hydrogen-bond donors (Lipinski definition) is 0. The van der Waals surface area contributed by atoms with E-state index in [1.54, 1.807) is 15.9 Å². The van der Waals surface area contributed by atoms with E-state index in [0.717, 1.165) is 18.4 Å². The van der Waals surface area contributed by atoms with Crippen LogP contribution in [0.3, 0.4) is 0 Å². The molecular formula is C19H23FN2O3. The van der Waals surface area contributed by atoms with Gasteiger partial charge in [0.1, 0.15) is 11.9 Å². The number of morpholine rings is 1. The summed E-state index contributed by atoms with van der Waals surface area (Å²) in [5.41, 5.74) is 0.740. The van der Waals surface area contributed by atoms with Gasteiger partial charge in [-0.3, -0.25) is 9.59 Å². The highest BCUT2D eigenvalue weighted by Crippen LogP contribution is 2.26. The van der Waals surface area contributed by atoms with E-state index in [2.05, 4.69) is 6.58 Å². The average molecular weight is 346 g/mol. The number of ether oxygens (including phenoxy) is 1. The molecule has 0 saturated carbocycles. The molecule has 6 heteroatoms. The third-order valence-electron chi connectivity index (χ3n) is 4.86. The average Bonchev–Trinajstić information content (AvgIpc) is 2.67. The lowest BCUT2D eigenvalue weighted by atomic mass is 9.95. The van der Waals surface area contributed by atoms with E-state index in [0.29, 0.717) is 32.8 Å². The maximum absolute atomic E-state index is 13.4. The van der Waals surface area contributed by atoms with Gasteiger partial charge in [0.25, 0.3) is 0 Å². The van der Waals surface area contributed by atoms with Crippen LogP contribution in [0, 0.1) is 11.7 Å². The summed E-state index contributed by atoms with van der Waals surface area (Å²) in [6.45, 7) is 5.98. The summed E-state index contributed by atoms with van der Waals surface area (Å²) in [5, 5.41) is 0. The predicted molar refractivity (Wildman–Crippen MR) is 91.2 cm³/mol. The number of likely N-dealkylation sites (tertiary alicyclic amines) is 1. The molecule has 1 aromatic rings. The fourth-order valence-corrected chi connectivity index (χ4v) is 3.52. The van der Waals surface area contributed by atoms with E-state index in [4.69, 9.17) is 4.74 Å². The molecule has 3 rings (SSSR count). The highest BCUT2D eigenvalue weighted by molar-refractivity contribution is 5.88. The maximum Gasteiger partial charge on any atom is 0.245 e. The second-order valence-electron chi connectivity index (χ2n) is 6.53. The Kier molecular flexibility index (Phi) is 5.48. The summed E-state index contributed by atoms with van der Waals surface area (Å²) in [6.07, 6.45) is 2.57. The highest BCUT2D eigenvalue weighted by atomic mass is 19.1. The monoisotopic (exact) mass is 346 g/mol. The van der Waals surface area contributed by atoms with Crippen LogP contribution in [0.25, 0.3) is 0 Å². The number of amides is 2. The summed E-state index contributed by atoms with van der Waals surface area (Å²) >= 11 is 0. The molecule has 5 nitrogen and oxygen atoms in total. The lowest BCUT2D eigenvalue weighted by molar-refractivity contribution is -0.146. The van der Waals surface area contributed by atoms with Crippen molar-refractivity contribution < 1.29 is 18.7 Å². The molecule has 0 aromatic heterocycles. The first-order chi connectivity index (χ1) is 12.1. The number of nitrogens with zero attached hydrogens (tertiary/aromatic N) is 2. The minimum atomic E-state index is -0.317. The van der Waals surface area contributed by atoms with Gasteiger partial charge in [-0.05, 0) is 36.6 Å². The van der Waals surface area contributed by atoms with Crippen LogP contribution in [0.1, 0.15) is 24.5 Å². The Labute approximate surface area is 147 Å². The van der Waals surface area contributed by atoms with E-state index >= 15 is 0 Å². The fraction of sp³-hybridized carbons (Fsp3) is 0.474. The van der Waals surface area contributed by atoms with Gasteiger partial charge in [0, 0.05) is 19.6 Å². The third kappa shape index (κ3) is 4.07. The molecule has 2 heterocycles. The number of carbonyl (C=O) groups is 2. The fourth-order valence-electron chi connectivity index (χ4n) is 3.52. The molecule has 2 aliphatic rings. The molecule has 0 radical (unpaired) electrons. The van der Waals surface area contributed by atoms with Crippen LogP contribution in [-0.4, -0.2) is 54.4 Å². The van der Waals surface area contributed by atoms with Crippen molar-refractivity contribution in [3.63, 3.8) is 0 Å². The Bertz CT molecular complexity index is 664. The third-order valence-corrected chi connectivity index (χ3v) is 4.86. The van der Waals surface area contributed by atoms with Crippen LogP contribution < -0.4 is 0 Å². The van der Waals surface area contributed by atoms with E-state index in [9.17, 15) is 14.0 Å². The Balaban J connectivity index is 1.65. The minimum Gasteiger partial charge on any atom is -0.370 e. The number of hydrogen-bond acceptors (Lipinski definition) is 3. The van der Waals surface area contributed by atoms with E-state index in [1.807, 2.05) is 6.07 Å². The number of rotatable bonds is 3. The van der Waals surface area contributed by atoms with Gasteiger partial charge in [-0.1, -0.05) is 18.7 Å². The van der Waals surface area contributed by atoms with Crippen LogP contribution in [0.15, 0.2) is 36.9 Å². The van der Waals surface area contributed by atoms with Gasteiger partial charge in [0.05, 0.1) is 19.1 Å². The largest absolute Gasteiger partial charge is 0.370 e.